The third kappa shape index (κ3) is 3.64. The molecule has 0 radical (unpaired) electrons. The third-order valence-corrected chi connectivity index (χ3v) is 4.55. The van der Waals surface area contributed by atoms with Gasteiger partial charge in [-0.3, -0.25) is 4.90 Å². The molecule has 1 aliphatic heterocycles. The summed E-state index contributed by atoms with van der Waals surface area (Å²) >= 11 is 8.08. The molecule has 5 heteroatoms. The Hall–Kier alpha value is -1.49. The second kappa shape index (κ2) is 7.18. The lowest BCUT2D eigenvalue weighted by molar-refractivity contribution is 0.171. The fourth-order valence-electron chi connectivity index (χ4n) is 2.50. The minimum Gasteiger partial charge on any atom is -0.486 e. The van der Waals surface area contributed by atoms with Gasteiger partial charge in [0.1, 0.15) is 13.2 Å². The van der Waals surface area contributed by atoms with Crippen LogP contribution in [0.4, 0.5) is 0 Å². The van der Waals surface area contributed by atoms with Crippen LogP contribution < -0.4 is 9.47 Å². The predicted octanol–water partition coefficient (Wildman–Crippen LogP) is 4.36. The SMILES string of the molecule is C=CCN(Cc1cc(Cl)c2c(c1)OCCO2)Cc1cccs1. The number of thiophene rings is 1. The summed E-state index contributed by atoms with van der Waals surface area (Å²) in [5.74, 6) is 1.40. The number of hydrogen-bond acceptors (Lipinski definition) is 4. The molecule has 116 valence electrons. The van der Waals surface area contributed by atoms with Crippen LogP contribution in [0.15, 0.2) is 42.3 Å². The zero-order valence-corrected chi connectivity index (χ0v) is 13.8. The molecule has 0 saturated heterocycles. The highest BCUT2D eigenvalue weighted by Crippen LogP contribution is 2.38. The first-order valence-corrected chi connectivity index (χ1v) is 8.45. The van der Waals surface area contributed by atoms with Crippen LogP contribution in [0.5, 0.6) is 11.5 Å². The van der Waals surface area contributed by atoms with Crippen LogP contribution in [0.25, 0.3) is 0 Å². The summed E-state index contributed by atoms with van der Waals surface area (Å²) in [6.45, 7) is 7.48. The van der Waals surface area contributed by atoms with E-state index in [4.69, 9.17) is 21.1 Å². The highest BCUT2D eigenvalue weighted by molar-refractivity contribution is 7.09. The second-order valence-electron chi connectivity index (χ2n) is 5.14. The van der Waals surface area contributed by atoms with Crippen LogP contribution in [-0.4, -0.2) is 24.7 Å². The molecule has 0 N–H and O–H groups in total. The molecule has 2 aromatic rings. The van der Waals surface area contributed by atoms with Crippen molar-refractivity contribution in [1.29, 1.82) is 0 Å². The largest absolute Gasteiger partial charge is 0.486 e. The highest BCUT2D eigenvalue weighted by Gasteiger charge is 2.17. The molecule has 0 amide bonds. The Morgan fingerprint density at radius 3 is 2.91 bits per heavy atom. The van der Waals surface area contributed by atoms with Crippen LogP contribution >= 0.6 is 22.9 Å². The number of hydrogen-bond donors (Lipinski definition) is 0. The second-order valence-corrected chi connectivity index (χ2v) is 6.58. The number of ether oxygens (including phenoxy) is 2. The van der Waals surface area contributed by atoms with Gasteiger partial charge < -0.3 is 9.47 Å². The van der Waals surface area contributed by atoms with Crippen LogP contribution in [0.3, 0.4) is 0 Å². The summed E-state index contributed by atoms with van der Waals surface area (Å²) in [5, 5.41) is 2.71. The lowest BCUT2D eigenvalue weighted by atomic mass is 10.1. The molecule has 0 unspecified atom stereocenters. The average molecular weight is 336 g/mol. The molecule has 0 aliphatic carbocycles. The van der Waals surface area contributed by atoms with Gasteiger partial charge in [-0.15, -0.1) is 17.9 Å². The van der Waals surface area contributed by atoms with Gasteiger partial charge in [-0.25, -0.2) is 0 Å². The first-order chi connectivity index (χ1) is 10.8. The van der Waals surface area contributed by atoms with E-state index in [1.807, 2.05) is 18.2 Å². The van der Waals surface area contributed by atoms with Gasteiger partial charge in [0.05, 0.1) is 5.02 Å². The maximum absolute atomic E-state index is 6.31. The molecule has 1 aromatic heterocycles. The third-order valence-electron chi connectivity index (χ3n) is 3.41. The van der Waals surface area contributed by atoms with E-state index in [0.717, 1.165) is 30.9 Å². The first-order valence-electron chi connectivity index (χ1n) is 7.20. The fraction of sp³-hybridized carbons (Fsp3) is 0.294. The summed E-state index contributed by atoms with van der Waals surface area (Å²) in [6, 6.07) is 8.20. The summed E-state index contributed by atoms with van der Waals surface area (Å²) < 4.78 is 11.2. The number of halogens is 1. The monoisotopic (exact) mass is 335 g/mol. The maximum atomic E-state index is 6.31. The van der Waals surface area contributed by atoms with Gasteiger partial charge in [0, 0.05) is 24.5 Å². The highest BCUT2D eigenvalue weighted by atomic mass is 35.5. The number of rotatable bonds is 6. The van der Waals surface area contributed by atoms with Crippen molar-refractivity contribution in [2.24, 2.45) is 0 Å². The van der Waals surface area contributed by atoms with E-state index in [0.29, 0.717) is 24.0 Å². The van der Waals surface area contributed by atoms with Crippen LogP contribution in [0, 0.1) is 0 Å². The van der Waals surface area contributed by atoms with Crippen molar-refractivity contribution < 1.29 is 9.47 Å². The minimum absolute atomic E-state index is 0.549. The standard InChI is InChI=1S/C17H18ClNO2S/c1-2-5-19(12-14-4-3-8-22-14)11-13-9-15(18)17-16(10-13)20-6-7-21-17/h2-4,8-10H,1,5-7,11-12H2. The number of fused-ring (bicyclic) bond motifs is 1. The molecule has 0 atom stereocenters. The zero-order valence-electron chi connectivity index (χ0n) is 12.3. The Kier molecular flexibility index (Phi) is 5.03. The van der Waals surface area contributed by atoms with E-state index in [1.54, 1.807) is 11.3 Å². The lowest BCUT2D eigenvalue weighted by Crippen LogP contribution is -2.23. The summed E-state index contributed by atoms with van der Waals surface area (Å²) in [4.78, 5) is 3.66. The topological polar surface area (TPSA) is 21.7 Å². The molecule has 0 spiro atoms. The van der Waals surface area contributed by atoms with E-state index in [9.17, 15) is 0 Å². The smallest absolute Gasteiger partial charge is 0.179 e. The molecule has 0 fully saturated rings. The molecule has 0 saturated carbocycles. The zero-order chi connectivity index (χ0) is 15.4. The van der Waals surface area contributed by atoms with Crippen molar-refractivity contribution in [2.45, 2.75) is 13.1 Å². The van der Waals surface area contributed by atoms with Crippen molar-refractivity contribution in [3.8, 4) is 11.5 Å². The van der Waals surface area contributed by atoms with Crippen LogP contribution in [0.2, 0.25) is 5.02 Å². The molecule has 2 heterocycles. The molecule has 1 aliphatic rings. The number of benzene rings is 1. The first kappa shape index (κ1) is 15.4. The Morgan fingerprint density at radius 2 is 2.14 bits per heavy atom. The maximum Gasteiger partial charge on any atom is 0.179 e. The van der Waals surface area contributed by atoms with Gasteiger partial charge in [0.25, 0.3) is 0 Å². The normalized spacial score (nSPS) is 13.4. The Balaban J connectivity index is 1.77. The van der Waals surface area contributed by atoms with Crippen LogP contribution in [0.1, 0.15) is 10.4 Å². The van der Waals surface area contributed by atoms with Gasteiger partial charge in [0.15, 0.2) is 11.5 Å². The van der Waals surface area contributed by atoms with E-state index in [1.165, 1.54) is 4.88 Å². The van der Waals surface area contributed by atoms with Gasteiger partial charge in [-0.2, -0.15) is 0 Å². The summed E-state index contributed by atoms with van der Waals surface area (Å²) in [6.07, 6.45) is 1.92. The van der Waals surface area contributed by atoms with Crippen molar-refractivity contribution in [2.75, 3.05) is 19.8 Å². The molecular weight excluding hydrogens is 318 g/mol. The predicted molar refractivity (Wildman–Crippen MR) is 91.1 cm³/mol. The van der Waals surface area contributed by atoms with E-state index < -0.39 is 0 Å². The van der Waals surface area contributed by atoms with Gasteiger partial charge >= 0.3 is 0 Å². The fourth-order valence-corrected chi connectivity index (χ4v) is 3.54. The average Bonchev–Trinajstić information content (AvgIpc) is 3.00. The van der Waals surface area contributed by atoms with Crippen molar-refractivity contribution in [3.05, 3.63) is 57.8 Å². The number of nitrogens with zero attached hydrogens (tertiary/aromatic N) is 1. The van der Waals surface area contributed by atoms with Gasteiger partial charge in [-0.1, -0.05) is 23.7 Å². The van der Waals surface area contributed by atoms with E-state index in [2.05, 4.69) is 29.0 Å². The Labute approximate surface area is 139 Å². The van der Waals surface area contributed by atoms with Crippen molar-refractivity contribution >= 4 is 22.9 Å². The summed E-state index contributed by atoms with van der Waals surface area (Å²) in [5.41, 5.74) is 1.12. The molecule has 3 nitrogen and oxygen atoms in total. The van der Waals surface area contributed by atoms with Crippen molar-refractivity contribution in [1.82, 2.24) is 4.90 Å². The van der Waals surface area contributed by atoms with E-state index in [-0.39, 0.29) is 0 Å². The Bertz CT molecular complexity index is 642. The minimum atomic E-state index is 0.549. The van der Waals surface area contributed by atoms with E-state index >= 15 is 0 Å². The van der Waals surface area contributed by atoms with Gasteiger partial charge in [0.2, 0.25) is 0 Å². The summed E-state index contributed by atoms with van der Waals surface area (Å²) in [7, 11) is 0. The Morgan fingerprint density at radius 1 is 1.27 bits per heavy atom. The molecule has 22 heavy (non-hydrogen) atoms. The van der Waals surface area contributed by atoms with Gasteiger partial charge in [-0.05, 0) is 29.1 Å². The quantitative estimate of drug-likeness (QED) is 0.732. The molecule has 1 aromatic carbocycles. The van der Waals surface area contributed by atoms with Crippen LogP contribution in [-0.2, 0) is 13.1 Å². The van der Waals surface area contributed by atoms with Crippen molar-refractivity contribution in [3.63, 3.8) is 0 Å². The molecule has 3 rings (SSSR count). The molecular formula is C17H18ClNO2S. The molecule has 0 bridgehead atoms. The lowest BCUT2D eigenvalue weighted by Gasteiger charge is -2.23.